The number of carbonyl (C=O) groups is 2. The van der Waals surface area contributed by atoms with Crippen LogP contribution in [0.1, 0.15) is 54.9 Å². The molecule has 0 bridgehead atoms. The van der Waals surface area contributed by atoms with Crippen molar-refractivity contribution in [2.45, 2.75) is 50.7 Å². The molecule has 2 aliphatic rings. The Morgan fingerprint density at radius 2 is 1.81 bits per heavy atom. The Kier molecular flexibility index (Phi) is 5.05. The molecule has 1 N–H and O–H groups in total. The molecule has 1 aliphatic heterocycles. The van der Waals surface area contributed by atoms with Crippen molar-refractivity contribution in [2.75, 3.05) is 19.6 Å². The van der Waals surface area contributed by atoms with Gasteiger partial charge in [-0.15, -0.1) is 0 Å². The number of piperazine rings is 1. The molecule has 0 aromatic carbocycles. The lowest BCUT2D eigenvalue weighted by Crippen LogP contribution is -2.65. The SMILES string of the molecule is CC(=O)N1CCN(C(=O)c2cc(C(F)(F)F)c[nH]c2=O)CC12CCCCC2. The second-order valence-electron chi connectivity index (χ2n) is 7.31. The summed E-state index contributed by atoms with van der Waals surface area (Å²) in [7, 11) is 0. The van der Waals surface area contributed by atoms with Crippen LogP contribution in [-0.2, 0) is 11.0 Å². The van der Waals surface area contributed by atoms with Crippen LogP contribution in [0, 0.1) is 0 Å². The molecule has 0 atom stereocenters. The third kappa shape index (κ3) is 3.72. The van der Waals surface area contributed by atoms with Crippen molar-refractivity contribution < 1.29 is 22.8 Å². The number of H-pyrrole nitrogens is 1. The molecule has 1 saturated carbocycles. The second-order valence-corrected chi connectivity index (χ2v) is 7.31. The first-order valence-corrected chi connectivity index (χ1v) is 9.01. The van der Waals surface area contributed by atoms with E-state index in [0.29, 0.717) is 18.8 Å². The second kappa shape index (κ2) is 7.01. The number of hydrogen-bond donors (Lipinski definition) is 1. The largest absolute Gasteiger partial charge is 0.417 e. The topological polar surface area (TPSA) is 73.5 Å². The maximum Gasteiger partial charge on any atom is 0.417 e. The Balaban J connectivity index is 1.90. The minimum Gasteiger partial charge on any atom is -0.334 e. The highest BCUT2D eigenvalue weighted by atomic mass is 19.4. The third-order valence-electron chi connectivity index (χ3n) is 5.56. The van der Waals surface area contributed by atoms with Crippen molar-refractivity contribution in [3.8, 4) is 0 Å². The normalized spacial score (nSPS) is 20.0. The summed E-state index contributed by atoms with van der Waals surface area (Å²) in [6.07, 6.45) is 0.303. The fourth-order valence-corrected chi connectivity index (χ4v) is 4.26. The molecule has 148 valence electrons. The lowest BCUT2D eigenvalue weighted by molar-refractivity contribution is -0.141. The van der Waals surface area contributed by atoms with E-state index in [4.69, 9.17) is 0 Å². The van der Waals surface area contributed by atoms with Gasteiger partial charge in [-0.05, 0) is 18.9 Å². The minimum atomic E-state index is -4.66. The van der Waals surface area contributed by atoms with Gasteiger partial charge in [0.05, 0.1) is 11.1 Å². The summed E-state index contributed by atoms with van der Waals surface area (Å²) >= 11 is 0. The highest BCUT2D eigenvalue weighted by Crippen LogP contribution is 2.37. The Labute approximate surface area is 154 Å². The highest BCUT2D eigenvalue weighted by Gasteiger charge is 2.45. The summed E-state index contributed by atoms with van der Waals surface area (Å²) in [5.41, 5.74) is -2.93. The molecule has 0 unspecified atom stereocenters. The quantitative estimate of drug-likeness (QED) is 0.807. The van der Waals surface area contributed by atoms with E-state index >= 15 is 0 Å². The van der Waals surface area contributed by atoms with Crippen LogP contribution in [0.3, 0.4) is 0 Å². The van der Waals surface area contributed by atoms with Gasteiger partial charge in [0.2, 0.25) is 5.91 Å². The molecule has 27 heavy (non-hydrogen) atoms. The molecule has 2 heterocycles. The predicted molar refractivity (Wildman–Crippen MR) is 91.2 cm³/mol. The van der Waals surface area contributed by atoms with Gasteiger partial charge in [-0.25, -0.2) is 0 Å². The van der Waals surface area contributed by atoms with E-state index in [1.165, 1.54) is 11.8 Å². The van der Waals surface area contributed by atoms with Crippen LogP contribution in [-0.4, -0.2) is 51.8 Å². The minimum absolute atomic E-state index is 0.0686. The number of aromatic nitrogens is 1. The summed E-state index contributed by atoms with van der Waals surface area (Å²) in [5.74, 6) is -0.795. The fraction of sp³-hybridized carbons (Fsp3) is 0.611. The van der Waals surface area contributed by atoms with Crippen LogP contribution in [0.25, 0.3) is 0 Å². The number of nitrogens with zero attached hydrogens (tertiary/aromatic N) is 2. The number of alkyl halides is 3. The molecular weight excluding hydrogens is 363 g/mol. The van der Waals surface area contributed by atoms with Gasteiger partial charge in [-0.3, -0.25) is 14.4 Å². The number of amides is 2. The Morgan fingerprint density at radius 1 is 1.15 bits per heavy atom. The molecule has 0 radical (unpaired) electrons. The molecule has 3 rings (SSSR count). The van der Waals surface area contributed by atoms with Crippen molar-refractivity contribution in [1.29, 1.82) is 0 Å². The fourth-order valence-electron chi connectivity index (χ4n) is 4.26. The zero-order chi connectivity index (χ0) is 19.8. The lowest BCUT2D eigenvalue weighted by Gasteiger charge is -2.52. The van der Waals surface area contributed by atoms with Crippen LogP contribution >= 0.6 is 0 Å². The third-order valence-corrected chi connectivity index (χ3v) is 5.56. The Morgan fingerprint density at radius 3 is 2.41 bits per heavy atom. The van der Waals surface area contributed by atoms with Gasteiger partial charge in [-0.2, -0.15) is 13.2 Å². The first kappa shape index (κ1) is 19.4. The van der Waals surface area contributed by atoms with Crippen molar-refractivity contribution in [3.63, 3.8) is 0 Å². The van der Waals surface area contributed by atoms with Gasteiger partial charge < -0.3 is 14.8 Å². The first-order valence-electron chi connectivity index (χ1n) is 9.01. The first-order chi connectivity index (χ1) is 12.6. The van der Waals surface area contributed by atoms with E-state index in [1.54, 1.807) is 4.90 Å². The van der Waals surface area contributed by atoms with Crippen molar-refractivity contribution in [3.05, 3.63) is 33.7 Å². The molecule has 6 nitrogen and oxygen atoms in total. The number of carbonyl (C=O) groups excluding carboxylic acids is 2. The van der Waals surface area contributed by atoms with Gasteiger partial charge in [0, 0.05) is 32.8 Å². The van der Waals surface area contributed by atoms with E-state index in [0.717, 1.165) is 32.1 Å². The van der Waals surface area contributed by atoms with Gasteiger partial charge in [0.1, 0.15) is 5.56 Å². The number of rotatable bonds is 1. The number of halogens is 3. The molecular formula is C18H22F3N3O3. The van der Waals surface area contributed by atoms with Crippen LogP contribution in [0.4, 0.5) is 13.2 Å². The van der Waals surface area contributed by atoms with Gasteiger partial charge in [0.15, 0.2) is 0 Å². The maximum absolute atomic E-state index is 12.9. The molecule has 1 saturated heterocycles. The van der Waals surface area contributed by atoms with Crippen LogP contribution in [0.5, 0.6) is 0 Å². The Hall–Kier alpha value is -2.32. The number of hydrogen-bond acceptors (Lipinski definition) is 3. The molecule has 1 aromatic rings. The van der Waals surface area contributed by atoms with E-state index in [1.807, 2.05) is 4.98 Å². The molecule has 2 amide bonds. The highest BCUT2D eigenvalue weighted by molar-refractivity contribution is 5.94. The summed E-state index contributed by atoms with van der Waals surface area (Å²) in [6, 6.07) is 0.603. The Bertz CT molecular complexity index is 797. The smallest absolute Gasteiger partial charge is 0.334 e. The average molecular weight is 385 g/mol. The van der Waals surface area contributed by atoms with E-state index < -0.39 is 34.3 Å². The molecule has 2 fully saturated rings. The summed E-state index contributed by atoms with van der Waals surface area (Å²) < 4.78 is 38.8. The van der Waals surface area contributed by atoms with Crippen molar-refractivity contribution in [1.82, 2.24) is 14.8 Å². The standard InChI is InChI=1S/C18H22F3N3O3/c1-12(25)24-8-7-23(11-17(24)5-3-2-4-6-17)16(27)14-9-13(18(19,20)21)10-22-15(14)26/h9-10H,2-8,11H2,1H3,(H,22,26). The van der Waals surface area contributed by atoms with E-state index in [-0.39, 0.29) is 19.0 Å². The summed E-state index contributed by atoms with van der Waals surface area (Å²) in [4.78, 5) is 42.1. The lowest BCUT2D eigenvalue weighted by atomic mass is 9.78. The molecule has 9 heteroatoms. The molecule has 1 spiro atoms. The summed E-state index contributed by atoms with van der Waals surface area (Å²) in [6.45, 7) is 2.24. The monoisotopic (exact) mass is 385 g/mol. The summed E-state index contributed by atoms with van der Waals surface area (Å²) in [5, 5.41) is 0. The molecule has 1 aliphatic carbocycles. The van der Waals surface area contributed by atoms with Gasteiger partial charge in [-0.1, -0.05) is 19.3 Å². The van der Waals surface area contributed by atoms with Crippen LogP contribution in [0.15, 0.2) is 17.1 Å². The molecule has 1 aromatic heterocycles. The van der Waals surface area contributed by atoms with Crippen molar-refractivity contribution in [2.24, 2.45) is 0 Å². The van der Waals surface area contributed by atoms with Gasteiger partial charge >= 0.3 is 6.18 Å². The average Bonchev–Trinajstić information content (AvgIpc) is 2.60. The number of nitrogens with one attached hydrogen (secondary N) is 1. The van der Waals surface area contributed by atoms with E-state index in [9.17, 15) is 27.6 Å². The zero-order valence-electron chi connectivity index (χ0n) is 15.1. The van der Waals surface area contributed by atoms with Crippen LogP contribution < -0.4 is 5.56 Å². The van der Waals surface area contributed by atoms with E-state index in [2.05, 4.69) is 0 Å². The van der Waals surface area contributed by atoms with Crippen molar-refractivity contribution >= 4 is 11.8 Å². The van der Waals surface area contributed by atoms with Crippen LogP contribution in [0.2, 0.25) is 0 Å². The number of pyridine rings is 1. The predicted octanol–water partition coefficient (Wildman–Crippen LogP) is 2.40. The zero-order valence-corrected chi connectivity index (χ0v) is 15.1. The maximum atomic E-state index is 12.9. The number of aromatic amines is 1. The van der Waals surface area contributed by atoms with Gasteiger partial charge in [0.25, 0.3) is 11.5 Å².